The van der Waals surface area contributed by atoms with E-state index in [1.54, 1.807) is 0 Å². The molecule has 0 saturated carbocycles. The minimum absolute atomic E-state index is 0.0282. The Morgan fingerprint density at radius 3 is 2.54 bits per heavy atom. The van der Waals surface area contributed by atoms with E-state index in [9.17, 15) is 22.8 Å². The van der Waals surface area contributed by atoms with Gasteiger partial charge in [0.1, 0.15) is 0 Å². The zero-order valence-electron chi connectivity index (χ0n) is 14.4. The van der Waals surface area contributed by atoms with Crippen molar-refractivity contribution < 1.29 is 27.2 Å². The second-order valence-electron chi connectivity index (χ2n) is 5.82. The molecule has 0 bridgehead atoms. The summed E-state index contributed by atoms with van der Waals surface area (Å²) in [6.45, 7) is 0. The quantitative estimate of drug-likeness (QED) is 0.590. The Balaban J connectivity index is 1.73. The highest BCUT2D eigenvalue weighted by molar-refractivity contribution is 7.09. The van der Waals surface area contributed by atoms with Gasteiger partial charge in [-0.05, 0) is 48.2 Å². The lowest BCUT2D eigenvalue weighted by Crippen LogP contribution is -2.18. The van der Waals surface area contributed by atoms with Crippen LogP contribution in [0.3, 0.4) is 0 Å². The van der Waals surface area contributed by atoms with E-state index in [1.165, 1.54) is 35.8 Å². The average Bonchev–Trinajstić information content (AvgIpc) is 3.34. The summed E-state index contributed by atoms with van der Waals surface area (Å²) in [7, 11) is 0. The van der Waals surface area contributed by atoms with Gasteiger partial charge in [-0.1, -0.05) is 6.07 Å². The Bertz CT molecular complexity index is 951. The molecule has 0 spiro atoms. The van der Waals surface area contributed by atoms with E-state index in [1.807, 2.05) is 17.5 Å². The van der Waals surface area contributed by atoms with E-state index >= 15 is 0 Å². The highest BCUT2D eigenvalue weighted by atomic mass is 32.1. The van der Waals surface area contributed by atoms with Gasteiger partial charge in [-0.3, -0.25) is 9.59 Å². The normalized spacial score (nSPS) is 11.2. The lowest BCUT2D eigenvalue weighted by atomic mass is 10.1. The smallest absolute Gasteiger partial charge is 0.418 e. The largest absolute Gasteiger partial charge is 0.459 e. The first-order valence-electron chi connectivity index (χ1n) is 8.21. The first-order valence-corrected chi connectivity index (χ1v) is 9.09. The third-order valence-corrected chi connectivity index (χ3v) is 4.72. The predicted octanol–water partition coefficient (Wildman–Crippen LogP) is 5.18. The number of hydrogen-bond donors (Lipinski definition) is 2. The molecule has 2 aromatic heterocycles. The fourth-order valence-corrected chi connectivity index (χ4v) is 3.18. The summed E-state index contributed by atoms with van der Waals surface area (Å²) in [5.74, 6) is -1.23. The van der Waals surface area contributed by atoms with Crippen LogP contribution >= 0.6 is 11.3 Å². The van der Waals surface area contributed by atoms with E-state index in [-0.39, 0.29) is 23.6 Å². The molecule has 0 unspecified atom stereocenters. The van der Waals surface area contributed by atoms with Gasteiger partial charge in [0.2, 0.25) is 5.91 Å². The number of benzene rings is 1. The number of amides is 2. The van der Waals surface area contributed by atoms with E-state index < -0.39 is 23.6 Å². The molecule has 0 aliphatic heterocycles. The van der Waals surface area contributed by atoms with Crippen molar-refractivity contribution in [2.24, 2.45) is 0 Å². The molecule has 3 aromatic rings. The summed E-state index contributed by atoms with van der Waals surface area (Å²) >= 11 is 1.48. The number of alkyl halides is 3. The molecule has 3 rings (SSSR count). The molecule has 1 aromatic carbocycles. The molecule has 28 heavy (non-hydrogen) atoms. The Labute approximate surface area is 162 Å². The Hall–Kier alpha value is -3.07. The van der Waals surface area contributed by atoms with Gasteiger partial charge in [0, 0.05) is 17.0 Å². The summed E-state index contributed by atoms with van der Waals surface area (Å²) in [6.07, 6.45) is -2.91. The Morgan fingerprint density at radius 1 is 1.07 bits per heavy atom. The minimum atomic E-state index is -4.71. The van der Waals surface area contributed by atoms with Crippen LogP contribution < -0.4 is 10.6 Å². The van der Waals surface area contributed by atoms with Crippen LogP contribution in [0.5, 0.6) is 0 Å². The maximum absolute atomic E-state index is 13.4. The molecule has 0 aliphatic rings. The molecule has 2 amide bonds. The van der Waals surface area contributed by atoms with E-state index in [0.29, 0.717) is 6.42 Å². The Kier molecular flexibility index (Phi) is 5.84. The summed E-state index contributed by atoms with van der Waals surface area (Å²) in [6, 6.07) is 9.75. The van der Waals surface area contributed by atoms with Crippen LogP contribution in [0, 0.1) is 0 Å². The summed E-state index contributed by atoms with van der Waals surface area (Å²) < 4.78 is 45.2. The van der Waals surface area contributed by atoms with E-state index in [4.69, 9.17) is 4.42 Å². The van der Waals surface area contributed by atoms with Crippen molar-refractivity contribution in [2.45, 2.75) is 19.0 Å². The lowest BCUT2D eigenvalue weighted by Gasteiger charge is -2.15. The van der Waals surface area contributed by atoms with Crippen LogP contribution in [0.4, 0.5) is 24.5 Å². The number of nitrogens with one attached hydrogen (secondary N) is 2. The van der Waals surface area contributed by atoms with Gasteiger partial charge >= 0.3 is 6.18 Å². The van der Waals surface area contributed by atoms with Gasteiger partial charge in [0.05, 0.1) is 17.5 Å². The topological polar surface area (TPSA) is 71.3 Å². The number of carbonyl (C=O) groups excluding carboxylic acids is 2. The fraction of sp³-hybridized carbons (Fsp3) is 0.158. The van der Waals surface area contributed by atoms with Crippen molar-refractivity contribution in [1.29, 1.82) is 0 Å². The maximum atomic E-state index is 13.4. The molecule has 0 radical (unpaired) electrons. The minimum Gasteiger partial charge on any atom is -0.459 e. The van der Waals surface area contributed by atoms with Gasteiger partial charge in [0.15, 0.2) is 5.76 Å². The molecule has 0 fully saturated rings. The molecule has 9 heteroatoms. The highest BCUT2D eigenvalue weighted by Crippen LogP contribution is 2.36. The van der Waals surface area contributed by atoms with Crippen molar-refractivity contribution >= 4 is 34.5 Å². The monoisotopic (exact) mass is 408 g/mol. The number of rotatable bonds is 6. The number of hydrogen-bond acceptors (Lipinski definition) is 4. The SMILES string of the molecule is O=C(CCc1cccs1)Nc1ccc(NC(=O)c2ccco2)cc1C(F)(F)F. The van der Waals surface area contributed by atoms with Crippen molar-refractivity contribution in [2.75, 3.05) is 10.6 Å². The number of furan rings is 1. The molecule has 2 heterocycles. The van der Waals surface area contributed by atoms with Crippen LogP contribution in [0.1, 0.15) is 27.4 Å². The van der Waals surface area contributed by atoms with Gasteiger partial charge in [-0.15, -0.1) is 11.3 Å². The molecule has 2 N–H and O–H groups in total. The molecular formula is C19H15F3N2O3S. The van der Waals surface area contributed by atoms with Crippen molar-refractivity contribution in [1.82, 2.24) is 0 Å². The van der Waals surface area contributed by atoms with Crippen LogP contribution in [-0.4, -0.2) is 11.8 Å². The molecule has 5 nitrogen and oxygen atoms in total. The van der Waals surface area contributed by atoms with Gasteiger partial charge < -0.3 is 15.1 Å². The molecule has 0 atom stereocenters. The second kappa shape index (κ2) is 8.30. The molecule has 146 valence electrons. The summed E-state index contributed by atoms with van der Waals surface area (Å²) in [4.78, 5) is 25.0. The number of aryl methyl sites for hydroxylation is 1. The highest BCUT2D eigenvalue weighted by Gasteiger charge is 2.34. The van der Waals surface area contributed by atoms with Crippen molar-refractivity contribution in [3.05, 3.63) is 70.3 Å². The standard InChI is InChI=1S/C19H15F3N2O3S/c20-19(21,22)14-11-12(23-18(26)16-4-1-9-27-16)5-7-15(14)24-17(25)8-6-13-3-2-10-28-13/h1-5,7,9-11H,6,8H2,(H,23,26)(H,24,25). The predicted molar refractivity (Wildman–Crippen MR) is 99.4 cm³/mol. The maximum Gasteiger partial charge on any atom is 0.418 e. The number of carbonyl (C=O) groups is 2. The van der Waals surface area contributed by atoms with Gasteiger partial charge in [-0.2, -0.15) is 13.2 Å². The molecular weight excluding hydrogens is 393 g/mol. The van der Waals surface area contributed by atoms with Gasteiger partial charge in [0.25, 0.3) is 5.91 Å². The molecule has 0 aliphatic carbocycles. The van der Waals surface area contributed by atoms with Crippen LogP contribution in [0.2, 0.25) is 0 Å². The average molecular weight is 408 g/mol. The van der Waals surface area contributed by atoms with Crippen LogP contribution in [0.25, 0.3) is 0 Å². The third kappa shape index (κ3) is 5.01. The van der Waals surface area contributed by atoms with Crippen molar-refractivity contribution in [3.8, 4) is 0 Å². The Morgan fingerprint density at radius 2 is 1.89 bits per heavy atom. The van der Waals surface area contributed by atoms with Gasteiger partial charge in [-0.25, -0.2) is 0 Å². The number of thiophene rings is 1. The van der Waals surface area contributed by atoms with Crippen LogP contribution in [0.15, 0.2) is 58.5 Å². The fourth-order valence-electron chi connectivity index (χ4n) is 2.47. The summed E-state index contributed by atoms with van der Waals surface area (Å²) in [5, 5.41) is 6.50. The van der Waals surface area contributed by atoms with E-state index in [0.717, 1.165) is 17.0 Å². The van der Waals surface area contributed by atoms with E-state index in [2.05, 4.69) is 10.6 Å². The van der Waals surface area contributed by atoms with Crippen LogP contribution in [-0.2, 0) is 17.4 Å². The number of anilines is 2. The zero-order valence-corrected chi connectivity index (χ0v) is 15.2. The van der Waals surface area contributed by atoms with Crippen molar-refractivity contribution in [3.63, 3.8) is 0 Å². The first kappa shape index (κ1) is 19.7. The zero-order chi connectivity index (χ0) is 20.1. The molecule has 0 saturated heterocycles. The lowest BCUT2D eigenvalue weighted by molar-refractivity contribution is -0.136. The number of halogens is 3. The third-order valence-electron chi connectivity index (χ3n) is 3.78. The summed E-state index contributed by atoms with van der Waals surface area (Å²) in [5.41, 5.74) is -1.47. The first-order chi connectivity index (χ1) is 13.3. The second-order valence-corrected chi connectivity index (χ2v) is 6.85.